The van der Waals surface area contributed by atoms with Crippen LogP contribution in [0, 0.1) is 13.8 Å². The molecule has 162 valence electrons. The fourth-order valence-electron chi connectivity index (χ4n) is 4.48. The molecule has 0 radical (unpaired) electrons. The minimum atomic E-state index is -0.0606. The Hall–Kier alpha value is -2.90. The molecular formula is C24H28N4O2S. The quantitative estimate of drug-likeness (QED) is 0.428. The normalized spacial score (nSPS) is 18.4. The van der Waals surface area contributed by atoms with E-state index in [1.165, 1.54) is 5.56 Å². The van der Waals surface area contributed by atoms with Crippen LogP contribution in [0.3, 0.4) is 0 Å². The number of thiocarbonyl (C=S) groups is 1. The zero-order chi connectivity index (χ0) is 22.0. The fraction of sp³-hybridized carbons (Fsp3) is 0.333. The summed E-state index contributed by atoms with van der Waals surface area (Å²) in [5.74, 6) is 0.258. The first kappa shape index (κ1) is 21.3. The van der Waals surface area contributed by atoms with Crippen LogP contribution in [0.25, 0.3) is 5.69 Å². The van der Waals surface area contributed by atoms with Gasteiger partial charge >= 0.3 is 0 Å². The van der Waals surface area contributed by atoms with Gasteiger partial charge in [-0.15, -0.1) is 0 Å². The molecule has 3 heterocycles. The Labute approximate surface area is 188 Å². The Morgan fingerprint density at radius 1 is 1.16 bits per heavy atom. The summed E-state index contributed by atoms with van der Waals surface area (Å²) in [5, 5.41) is 14.7. The van der Waals surface area contributed by atoms with E-state index in [2.05, 4.69) is 39.7 Å². The van der Waals surface area contributed by atoms with Crippen LogP contribution < -0.4 is 5.32 Å². The molecule has 1 aliphatic rings. The summed E-state index contributed by atoms with van der Waals surface area (Å²) in [6, 6.07) is 15.5. The van der Waals surface area contributed by atoms with Gasteiger partial charge in [-0.25, -0.2) is 0 Å². The average molecular weight is 437 g/mol. The maximum atomic E-state index is 10.5. The van der Waals surface area contributed by atoms with Crippen molar-refractivity contribution < 1.29 is 9.84 Å². The summed E-state index contributed by atoms with van der Waals surface area (Å²) in [6.45, 7) is 5.62. The summed E-state index contributed by atoms with van der Waals surface area (Å²) in [4.78, 5) is 6.85. The second kappa shape index (κ2) is 9.08. The molecule has 2 N–H and O–H groups in total. The Bertz CT molecular complexity index is 1070. The first-order valence-corrected chi connectivity index (χ1v) is 10.9. The van der Waals surface area contributed by atoms with Crippen LogP contribution in [0.4, 0.5) is 0 Å². The zero-order valence-corrected chi connectivity index (χ0v) is 18.9. The molecule has 1 aliphatic heterocycles. The topological polar surface area (TPSA) is 62.5 Å². The van der Waals surface area contributed by atoms with Crippen molar-refractivity contribution in [3.63, 3.8) is 0 Å². The van der Waals surface area contributed by atoms with E-state index in [-0.39, 0.29) is 17.8 Å². The first-order valence-electron chi connectivity index (χ1n) is 10.5. The van der Waals surface area contributed by atoms with Crippen molar-refractivity contribution in [2.75, 3.05) is 20.3 Å². The SMILES string of the molecule is COCCCN1C(=S)NC(c2ccccn2)C1c1cc(C)n(-c2ccccc2O)c1C. The minimum Gasteiger partial charge on any atom is -0.506 e. The third-order valence-electron chi connectivity index (χ3n) is 5.86. The highest BCUT2D eigenvalue weighted by atomic mass is 32.1. The highest BCUT2D eigenvalue weighted by molar-refractivity contribution is 7.80. The number of methoxy groups -OCH3 is 1. The number of pyridine rings is 1. The highest BCUT2D eigenvalue weighted by Crippen LogP contribution is 2.41. The van der Waals surface area contributed by atoms with Gasteiger partial charge in [0, 0.05) is 37.8 Å². The van der Waals surface area contributed by atoms with E-state index >= 15 is 0 Å². The molecule has 2 unspecified atom stereocenters. The Kier molecular flexibility index (Phi) is 6.25. The predicted octanol–water partition coefficient (Wildman–Crippen LogP) is 4.20. The van der Waals surface area contributed by atoms with E-state index in [1.54, 1.807) is 13.2 Å². The molecule has 0 spiro atoms. The summed E-state index contributed by atoms with van der Waals surface area (Å²) < 4.78 is 7.38. The third kappa shape index (κ3) is 4.03. The van der Waals surface area contributed by atoms with Crippen LogP contribution >= 0.6 is 12.2 Å². The molecule has 1 fully saturated rings. The van der Waals surface area contributed by atoms with E-state index in [4.69, 9.17) is 17.0 Å². The lowest BCUT2D eigenvalue weighted by molar-refractivity contribution is 0.180. The molecule has 1 saturated heterocycles. The smallest absolute Gasteiger partial charge is 0.170 e. The van der Waals surface area contributed by atoms with E-state index in [0.717, 1.165) is 40.8 Å². The van der Waals surface area contributed by atoms with Crippen molar-refractivity contribution >= 4 is 17.3 Å². The zero-order valence-electron chi connectivity index (χ0n) is 18.1. The van der Waals surface area contributed by atoms with E-state index in [9.17, 15) is 5.11 Å². The minimum absolute atomic E-state index is 0.00920. The molecule has 31 heavy (non-hydrogen) atoms. The molecule has 2 aromatic heterocycles. The van der Waals surface area contributed by atoms with Gasteiger partial charge in [0.1, 0.15) is 5.75 Å². The number of hydrogen-bond donors (Lipinski definition) is 2. The Morgan fingerprint density at radius 2 is 1.94 bits per heavy atom. The number of phenolic OH excluding ortho intramolecular Hbond substituents is 1. The number of aryl methyl sites for hydroxylation is 1. The summed E-state index contributed by atoms with van der Waals surface area (Å²) in [5.41, 5.74) is 5.03. The van der Waals surface area contributed by atoms with Crippen LogP contribution in [0.5, 0.6) is 5.75 Å². The van der Waals surface area contributed by atoms with Gasteiger partial charge in [0.15, 0.2) is 5.11 Å². The molecule has 0 aliphatic carbocycles. The Balaban J connectivity index is 1.80. The van der Waals surface area contributed by atoms with Crippen LogP contribution in [-0.4, -0.2) is 44.9 Å². The van der Waals surface area contributed by atoms with Crippen molar-refractivity contribution in [1.82, 2.24) is 19.8 Å². The van der Waals surface area contributed by atoms with Gasteiger partial charge in [-0.1, -0.05) is 18.2 Å². The van der Waals surface area contributed by atoms with Gasteiger partial charge in [0.25, 0.3) is 0 Å². The summed E-state index contributed by atoms with van der Waals surface area (Å²) >= 11 is 5.74. The number of ether oxygens (including phenoxy) is 1. The molecule has 0 bridgehead atoms. The highest BCUT2D eigenvalue weighted by Gasteiger charge is 2.41. The number of aromatic nitrogens is 2. The van der Waals surface area contributed by atoms with Crippen molar-refractivity contribution in [1.29, 1.82) is 0 Å². The molecule has 3 aromatic rings. The van der Waals surface area contributed by atoms with Crippen LogP contribution in [0.1, 0.15) is 41.1 Å². The number of aromatic hydroxyl groups is 1. The summed E-state index contributed by atoms with van der Waals surface area (Å²) in [7, 11) is 1.72. The molecule has 4 rings (SSSR count). The van der Waals surface area contributed by atoms with Crippen molar-refractivity contribution in [2.45, 2.75) is 32.4 Å². The summed E-state index contributed by atoms with van der Waals surface area (Å²) in [6.07, 6.45) is 2.69. The van der Waals surface area contributed by atoms with Crippen molar-refractivity contribution in [2.24, 2.45) is 0 Å². The predicted molar refractivity (Wildman–Crippen MR) is 126 cm³/mol. The van der Waals surface area contributed by atoms with Gasteiger partial charge in [0.2, 0.25) is 0 Å². The number of phenols is 1. The van der Waals surface area contributed by atoms with Crippen LogP contribution in [0.15, 0.2) is 54.7 Å². The number of rotatable bonds is 7. The Morgan fingerprint density at radius 3 is 2.65 bits per heavy atom. The lowest BCUT2D eigenvalue weighted by Gasteiger charge is -2.28. The fourth-order valence-corrected chi connectivity index (χ4v) is 4.81. The van der Waals surface area contributed by atoms with Crippen LogP contribution in [-0.2, 0) is 4.74 Å². The van der Waals surface area contributed by atoms with Gasteiger partial charge in [-0.2, -0.15) is 0 Å². The largest absolute Gasteiger partial charge is 0.506 e. The molecular weight excluding hydrogens is 408 g/mol. The standard InChI is InChI=1S/C24H28N4O2S/c1-16-15-18(17(2)28(16)20-10-4-5-11-21(20)29)23-22(19-9-6-7-12-25-19)26-24(31)27(23)13-8-14-30-3/h4-7,9-12,15,22-23,29H,8,13-14H2,1-3H3,(H,26,31). The van der Waals surface area contributed by atoms with Gasteiger partial charge in [-0.05, 0) is 68.4 Å². The second-order valence-electron chi connectivity index (χ2n) is 7.82. The molecule has 0 amide bonds. The average Bonchev–Trinajstić information content (AvgIpc) is 3.25. The lowest BCUT2D eigenvalue weighted by Crippen LogP contribution is -2.31. The number of benzene rings is 1. The van der Waals surface area contributed by atoms with Gasteiger partial charge < -0.3 is 24.6 Å². The van der Waals surface area contributed by atoms with E-state index in [1.807, 2.05) is 42.6 Å². The van der Waals surface area contributed by atoms with Gasteiger partial charge in [0.05, 0.1) is 23.5 Å². The molecule has 7 heteroatoms. The van der Waals surface area contributed by atoms with Gasteiger partial charge in [-0.3, -0.25) is 4.98 Å². The number of nitrogens with zero attached hydrogens (tertiary/aromatic N) is 3. The molecule has 1 aromatic carbocycles. The van der Waals surface area contributed by atoms with Crippen molar-refractivity contribution in [3.05, 3.63) is 77.4 Å². The first-order chi connectivity index (χ1) is 15.0. The number of para-hydroxylation sites is 2. The lowest BCUT2D eigenvalue weighted by atomic mass is 9.96. The molecule has 6 nitrogen and oxygen atoms in total. The number of nitrogens with one attached hydrogen (secondary N) is 1. The molecule has 0 saturated carbocycles. The van der Waals surface area contributed by atoms with Crippen molar-refractivity contribution in [3.8, 4) is 11.4 Å². The molecule has 2 atom stereocenters. The van der Waals surface area contributed by atoms with Crippen LogP contribution in [0.2, 0.25) is 0 Å². The number of hydrogen-bond acceptors (Lipinski definition) is 4. The monoisotopic (exact) mass is 436 g/mol. The third-order valence-corrected chi connectivity index (χ3v) is 6.21. The second-order valence-corrected chi connectivity index (χ2v) is 8.20. The maximum absolute atomic E-state index is 10.5. The van der Waals surface area contributed by atoms with E-state index in [0.29, 0.717) is 6.61 Å². The van der Waals surface area contributed by atoms with E-state index < -0.39 is 0 Å². The maximum Gasteiger partial charge on any atom is 0.170 e.